The van der Waals surface area contributed by atoms with Crippen molar-refractivity contribution < 1.29 is 9.47 Å². The Morgan fingerprint density at radius 2 is 1.85 bits per heavy atom. The maximum atomic E-state index is 5.50. The predicted molar refractivity (Wildman–Crippen MR) is 111 cm³/mol. The molecule has 1 unspecified atom stereocenters. The summed E-state index contributed by atoms with van der Waals surface area (Å²) in [6.45, 7) is 14.5. The smallest absolute Gasteiger partial charge is 0.191 e. The van der Waals surface area contributed by atoms with Crippen LogP contribution in [0.1, 0.15) is 26.7 Å². The number of rotatable bonds is 9. The van der Waals surface area contributed by atoms with E-state index in [1.54, 1.807) is 7.11 Å². The van der Waals surface area contributed by atoms with Crippen molar-refractivity contribution in [3.05, 3.63) is 0 Å². The summed E-state index contributed by atoms with van der Waals surface area (Å²) in [6.07, 6.45) is 2.49. The van der Waals surface area contributed by atoms with Gasteiger partial charge in [0.25, 0.3) is 0 Å². The predicted octanol–water partition coefficient (Wildman–Crippen LogP) is 0.867. The maximum Gasteiger partial charge on any atom is 0.191 e. The van der Waals surface area contributed by atoms with Gasteiger partial charge in [0.15, 0.2) is 5.96 Å². The molecular formula is C20H41N5O2. The summed E-state index contributed by atoms with van der Waals surface area (Å²) in [5.74, 6) is 2.25. The molecule has 0 saturated carbocycles. The average molecular weight is 384 g/mol. The fourth-order valence-electron chi connectivity index (χ4n) is 3.99. The third kappa shape index (κ3) is 7.94. The molecule has 0 aliphatic carbocycles. The molecule has 2 fully saturated rings. The molecule has 0 amide bonds. The van der Waals surface area contributed by atoms with Crippen molar-refractivity contribution in [1.29, 1.82) is 0 Å². The third-order valence-electron chi connectivity index (χ3n) is 5.86. The van der Waals surface area contributed by atoms with E-state index in [0.717, 1.165) is 64.4 Å². The van der Waals surface area contributed by atoms with Gasteiger partial charge in [-0.05, 0) is 37.8 Å². The second-order valence-electron chi connectivity index (χ2n) is 8.07. The molecule has 1 atom stereocenters. The Morgan fingerprint density at radius 1 is 1.15 bits per heavy atom. The van der Waals surface area contributed by atoms with Crippen molar-refractivity contribution in [2.45, 2.75) is 32.7 Å². The Morgan fingerprint density at radius 3 is 2.44 bits per heavy atom. The maximum absolute atomic E-state index is 5.50. The van der Waals surface area contributed by atoms with Gasteiger partial charge in [0.05, 0.1) is 19.8 Å². The number of aliphatic imine (C=N–C) groups is 1. The second-order valence-corrected chi connectivity index (χ2v) is 8.07. The van der Waals surface area contributed by atoms with Crippen molar-refractivity contribution in [2.24, 2.45) is 16.8 Å². The molecular weight excluding hydrogens is 342 g/mol. The Kier molecular flexibility index (Phi) is 10.4. The van der Waals surface area contributed by atoms with Crippen LogP contribution >= 0.6 is 0 Å². The van der Waals surface area contributed by atoms with Crippen molar-refractivity contribution in [2.75, 3.05) is 79.8 Å². The number of piperidine rings is 1. The monoisotopic (exact) mass is 383 g/mol. The van der Waals surface area contributed by atoms with Gasteiger partial charge in [0, 0.05) is 52.9 Å². The molecule has 7 nitrogen and oxygen atoms in total. The summed E-state index contributed by atoms with van der Waals surface area (Å²) in [7, 11) is 3.64. The van der Waals surface area contributed by atoms with Gasteiger partial charge in [0.2, 0.25) is 0 Å². The number of hydrogen-bond acceptors (Lipinski definition) is 5. The van der Waals surface area contributed by atoms with Crippen molar-refractivity contribution in [1.82, 2.24) is 20.4 Å². The fourth-order valence-corrected chi connectivity index (χ4v) is 3.99. The molecule has 0 aromatic rings. The van der Waals surface area contributed by atoms with E-state index in [4.69, 9.17) is 9.47 Å². The fraction of sp³-hybridized carbons (Fsp3) is 0.950. The van der Waals surface area contributed by atoms with Crippen LogP contribution in [0.25, 0.3) is 0 Å². The van der Waals surface area contributed by atoms with Crippen LogP contribution in [-0.2, 0) is 9.47 Å². The Bertz CT molecular complexity index is 419. The van der Waals surface area contributed by atoms with Crippen LogP contribution in [0, 0.1) is 11.8 Å². The zero-order valence-corrected chi connectivity index (χ0v) is 17.9. The minimum absolute atomic E-state index is 0.511. The van der Waals surface area contributed by atoms with Gasteiger partial charge in [-0.15, -0.1) is 0 Å². The molecule has 0 bridgehead atoms. The first-order valence-corrected chi connectivity index (χ1v) is 10.6. The first-order chi connectivity index (χ1) is 13.1. The summed E-state index contributed by atoms with van der Waals surface area (Å²) in [6, 6.07) is 0.511. The third-order valence-corrected chi connectivity index (χ3v) is 5.86. The van der Waals surface area contributed by atoms with Gasteiger partial charge < -0.3 is 25.0 Å². The molecule has 0 aromatic carbocycles. The van der Waals surface area contributed by atoms with E-state index < -0.39 is 0 Å². The summed E-state index contributed by atoms with van der Waals surface area (Å²) in [5, 5.41) is 7.10. The number of nitrogens with one attached hydrogen (secondary N) is 2. The molecule has 2 heterocycles. The number of ether oxygens (including phenoxy) is 2. The van der Waals surface area contributed by atoms with Gasteiger partial charge in [-0.3, -0.25) is 9.89 Å². The molecule has 2 aliphatic rings. The van der Waals surface area contributed by atoms with Crippen LogP contribution in [0.15, 0.2) is 4.99 Å². The van der Waals surface area contributed by atoms with E-state index in [0.29, 0.717) is 12.0 Å². The summed E-state index contributed by atoms with van der Waals surface area (Å²) < 4.78 is 10.7. The number of likely N-dealkylation sites (tertiary alicyclic amines) is 1. The lowest BCUT2D eigenvalue weighted by atomic mass is 9.97. The molecule has 2 aliphatic heterocycles. The van der Waals surface area contributed by atoms with Gasteiger partial charge in [0.1, 0.15) is 0 Å². The van der Waals surface area contributed by atoms with Gasteiger partial charge >= 0.3 is 0 Å². The van der Waals surface area contributed by atoms with E-state index in [-0.39, 0.29) is 0 Å². The quantitative estimate of drug-likeness (QED) is 0.455. The van der Waals surface area contributed by atoms with E-state index in [1.165, 1.54) is 25.9 Å². The Labute approximate surface area is 165 Å². The molecule has 2 rings (SSSR count). The zero-order chi connectivity index (χ0) is 19.5. The van der Waals surface area contributed by atoms with E-state index in [2.05, 4.69) is 39.3 Å². The lowest BCUT2D eigenvalue weighted by Crippen LogP contribution is -2.53. The zero-order valence-electron chi connectivity index (χ0n) is 17.9. The van der Waals surface area contributed by atoms with Crippen molar-refractivity contribution in [3.8, 4) is 0 Å². The lowest BCUT2D eigenvalue weighted by Gasteiger charge is -2.37. The van der Waals surface area contributed by atoms with Crippen LogP contribution in [0.3, 0.4) is 0 Å². The van der Waals surface area contributed by atoms with Crippen LogP contribution in [0.4, 0.5) is 0 Å². The standard InChI is InChI=1S/C20H41N5O2/c1-17(2)19(25-10-13-27-14-11-25)16-23-20(21-3)22-15-18-5-7-24(8-6-18)9-12-26-4/h17-19H,5-16H2,1-4H3,(H2,21,22,23). The van der Waals surface area contributed by atoms with Crippen molar-refractivity contribution >= 4 is 5.96 Å². The number of hydrogen-bond donors (Lipinski definition) is 2. The van der Waals surface area contributed by atoms with Gasteiger partial charge in [-0.25, -0.2) is 0 Å². The minimum atomic E-state index is 0.511. The summed E-state index contributed by atoms with van der Waals surface area (Å²) in [4.78, 5) is 9.48. The molecule has 2 saturated heterocycles. The summed E-state index contributed by atoms with van der Waals surface area (Å²) >= 11 is 0. The van der Waals surface area contributed by atoms with E-state index >= 15 is 0 Å². The molecule has 7 heteroatoms. The highest BCUT2D eigenvalue weighted by Gasteiger charge is 2.24. The Hall–Kier alpha value is -0.890. The second kappa shape index (κ2) is 12.5. The number of nitrogens with zero attached hydrogens (tertiary/aromatic N) is 3. The number of guanidine groups is 1. The SMILES string of the molecule is CN=C(NCC1CCN(CCOC)CC1)NCC(C(C)C)N1CCOCC1. The normalized spacial score (nSPS) is 22.2. The minimum Gasteiger partial charge on any atom is -0.383 e. The summed E-state index contributed by atoms with van der Waals surface area (Å²) in [5.41, 5.74) is 0. The highest BCUT2D eigenvalue weighted by Crippen LogP contribution is 2.16. The first-order valence-electron chi connectivity index (χ1n) is 10.6. The molecule has 27 heavy (non-hydrogen) atoms. The molecule has 0 radical (unpaired) electrons. The topological polar surface area (TPSA) is 61.4 Å². The highest BCUT2D eigenvalue weighted by atomic mass is 16.5. The first kappa shape index (κ1) is 22.4. The van der Waals surface area contributed by atoms with E-state index in [9.17, 15) is 0 Å². The molecule has 158 valence electrons. The van der Waals surface area contributed by atoms with Crippen LogP contribution in [-0.4, -0.2) is 102 Å². The van der Waals surface area contributed by atoms with Crippen LogP contribution < -0.4 is 10.6 Å². The number of morpholine rings is 1. The number of methoxy groups -OCH3 is 1. The van der Waals surface area contributed by atoms with Gasteiger partial charge in [-0.1, -0.05) is 13.8 Å². The highest BCUT2D eigenvalue weighted by molar-refractivity contribution is 5.79. The lowest BCUT2D eigenvalue weighted by molar-refractivity contribution is 0.00752. The molecule has 2 N–H and O–H groups in total. The van der Waals surface area contributed by atoms with E-state index in [1.807, 2.05) is 7.05 Å². The van der Waals surface area contributed by atoms with Crippen molar-refractivity contribution in [3.63, 3.8) is 0 Å². The van der Waals surface area contributed by atoms with Gasteiger partial charge in [-0.2, -0.15) is 0 Å². The average Bonchev–Trinajstić information content (AvgIpc) is 2.70. The molecule has 0 aromatic heterocycles. The van der Waals surface area contributed by atoms with Crippen LogP contribution in [0.2, 0.25) is 0 Å². The Balaban J connectivity index is 1.69. The largest absolute Gasteiger partial charge is 0.383 e. The van der Waals surface area contributed by atoms with Crippen LogP contribution in [0.5, 0.6) is 0 Å². The molecule has 0 spiro atoms.